The molecule has 0 spiro atoms. The van der Waals surface area contributed by atoms with Crippen molar-refractivity contribution in [3.8, 4) is 11.5 Å². The van der Waals surface area contributed by atoms with Crippen LogP contribution >= 0.6 is 0 Å². The van der Waals surface area contributed by atoms with Gasteiger partial charge >= 0.3 is 6.09 Å². The molecule has 0 saturated carbocycles. The third-order valence-electron chi connectivity index (χ3n) is 3.15. The first-order valence-corrected chi connectivity index (χ1v) is 7.27. The summed E-state index contributed by atoms with van der Waals surface area (Å²) in [6.45, 7) is 6.76. The Balaban J connectivity index is 1.93. The average Bonchev–Trinajstić information content (AvgIpc) is 2.37. The first-order valence-electron chi connectivity index (χ1n) is 7.27. The molecule has 1 aromatic rings. The van der Waals surface area contributed by atoms with Crippen LogP contribution in [0.2, 0.25) is 0 Å². The SMILES string of the molecule is CC(C)(C)OC(=O)N1CCCC(Oc2cccc(O)c2)C1. The minimum atomic E-state index is -0.490. The van der Waals surface area contributed by atoms with Crippen LogP contribution in [0, 0.1) is 0 Å². The fourth-order valence-corrected chi connectivity index (χ4v) is 2.28. The number of likely N-dealkylation sites (tertiary alicyclic amines) is 1. The van der Waals surface area contributed by atoms with E-state index >= 15 is 0 Å². The maximum absolute atomic E-state index is 12.1. The standard InChI is InChI=1S/C16H23NO4/c1-16(2,3)21-15(19)17-9-5-8-14(11-17)20-13-7-4-6-12(18)10-13/h4,6-7,10,14,18H,5,8-9,11H2,1-3H3. The number of phenols is 1. The van der Waals surface area contributed by atoms with Crippen LogP contribution in [0.25, 0.3) is 0 Å². The van der Waals surface area contributed by atoms with Gasteiger partial charge < -0.3 is 19.5 Å². The zero-order valence-electron chi connectivity index (χ0n) is 12.8. The number of phenolic OH excluding ortho intramolecular Hbond substituents is 1. The molecule has 1 aromatic carbocycles. The van der Waals surface area contributed by atoms with Crippen molar-refractivity contribution in [2.24, 2.45) is 0 Å². The molecular weight excluding hydrogens is 270 g/mol. The Morgan fingerprint density at radius 2 is 2.14 bits per heavy atom. The lowest BCUT2D eigenvalue weighted by molar-refractivity contribution is 0.00773. The molecule has 116 valence electrons. The van der Waals surface area contributed by atoms with Crippen LogP contribution in [-0.2, 0) is 4.74 Å². The number of piperidine rings is 1. The first kappa shape index (κ1) is 15.5. The molecule has 21 heavy (non-hydrogen) atoms. The molecule has 1 unspecified atom stereocenters. The van der Waals surface area contributed by atoms with E-state index in [1.54, 1.807) is 29.2 Å². The van der Waals surface area contributed by atoms with Crippen molar-refractivity contribution in [1.29, 1.82) is 0 Å². The maximum Gasteiger partial charge on any atom is 0.410 e. The Bertz CT molecular complexity index is 495. The smallest absolute Gasteiger partial charge is 0.410 e. The van der Waals surface area contributed by atoms with Gasteiger partial charge in [0.15, 0.2) is 0 Å². The van der Waals surface area contributed by atoms with Crippen molar-refractivity contribution < 1.29 is 19.4 Å². The molecule has 1 amide bonds. The third kappa shape index (κ3) is 4.85. The van der Waals surface area contributed by atoms with Gasteiger partial charge in [0, 0.05) is 12.6 Å². The minimum Gasteiger partial charge on any atom is -0.508 e. The number of rotatable bonds is 2. The molecule has 1 aliphatic rings. The Morgan fingerprint density at radius 3 is 2.81 bits per heavy atom. The summed E-state index contributed by atoms with van der Waals surface area (Å²) in [5.74, 6) is 0.790. The quantitative estimate of drug-likeness (QED) is 0.910. The lowest BCUT2D eigenvalue weighted by Gasteiger charge is -2.34. The van der Waals surface area contributed by atoms with Gasteiger partial charge in [-0.3, -0.25) is 0 Å². The number of ether oxygens (including phenoxy) is 2. The molecule has 0 radical (unpaired) electrons. The van der Waals surface area contributed by atoms with Gasteiger partial charge in [-0.1, -0.05) is 6.07 Å². The van der Waals surface area contributed by atoms with E-state index in [1.165, 1.54) is 0 Å². The molecule has 1 aliphatic heterocycles. The van der Waals surface area contributed by atoms with E-state index in [4.69, 9.17) is 9.47 Å². The normalized spacial score (nSPS) is 19.2. The van der Waals surface area contributed by atoms with Gasteiger partial charge in [-0.25, -0.2) is 4.79 Å². The Labute approximate surface area is 125 Å². The number of aromatic hydroxyl groups is 1. The summed E-state index contributed by atoms with van der Waals surface area (Å²) in [6.07, 6.45) is 1.39. The van der Waals surface area contributed by atoms with Crippen LogP contribution in [0.1, 0.15) is 33.6 Å². The lowest BCUT2D eigenvalue weighted by atomic mass is 10.1. The van der Waals surface area contributed by atoms with Gasteiger partial charge in [0.05, 0.1) is 6.54 Å². The molecule has 1 N–H and O–H groups in total. The van der Waals surface area contributed by atoms with Crippen LogP contribution < -0.4 is 4.74 Å². The van der Waals surface area contributed by atoms with E-state index in [-0.39, 0.29) is 17.9 Å². The number of hydrogen-bond acceptors (Lipinski definition) is 4. The summed E-state index contributed by atoms with van der Waals surface area (Å²) >= 11 is 0. The number of carbonyl (C=O) groups excluding carboxylic acids is 1. The summed E-state index contributed by atoms with van der Waals surface area (Å²) in [7, 11) is 0. The molecule has 1 heterocycles. The third-order valence-corrected chi connectivity index (χ3v) is 3.15. The van der Waals surface area contributed by atoms with Crippen molar-refractivity contribution in [2.75, 3.05) is 13.1 Å². The second-order valence-electron chi connectivity index (χ2n) is 6.31. The summed E-state index contributed by atoms with van der Waals surface area (Å²) < 4.78 is 11.2. The lowest BCUT2D eigenvalue weighted by Crippen LogP contribution is -2.46. The van der Waals surface area contributed by atoms with E-state index in [0.29, 0.717) is 18.8 Å². The van der Waals surface area contributed by atoms with Crippen molar-refractivity contribution in [3.05, 3.63) is 24.3 Å². The Hall–Kier alpha value is -1.91. The molecule has 0 aliphatic carbocycles. The van der Waals surface area contributed by atoms with Gasteiger partial charge in [-0.05, 0) is 45.7 Å². The van der Waals surface area contributed by atoms with Crippen LogP contribution in [0.4, 0.5) is 4.79 Å². The molecule has 1 saturated heterocycles. The molecule has 5 nitrogen and oxygen atoms in total. The molecule has 0 aromatic heterocycles. The molecule has 5 heteroatoms. The first-order chi connectivity index (χ1) is 9.83. The molecule has 1 fully saturated rings. The van der Waals surface area contributed by atoms with E-state index in [2.05, 4.69) is 0 Å². The fourth-order valence-electron chi connectivity index (χ4n) is 2.28. The van der Waals surface area contributed by atoms with Crippen LogP contribution in [0.5, 0.6) is 11.5 Å². The molecule has 2 rings (SSSR count). The van der Waals surface area contributed by atoms with E-state index < -0.39 is 5.60 Å². The average molecular weight is 293 g/mol. The number of nitrogens with zero attached hydrogens (tertiary/aromatic N) is 1. The fraction of sp³-hybridized carbons (Fsp3) is 0.562. The molecule has 1 atom stereocenters. The zero-order valence-corrected chi connectivity index (χ0v) is 12.8. The number of carbonyl (C=O) groups is 1. The van der Waals surface area contributed by atoms with Crippen LogP contribution in [-0.4, -0.2) is 40.9 Å². The van der Waals surface area contributed by atoms with Crippen molar-refractivity contribution >= 4 is 6.09 Å². The largest absolute Gasteiger partial charge is 0.508 e. The van der Waals surface area contributed by atoms with Gasteiger partial charge in [0.25, 0.3) is 0 Å². The van der Waals surface area contributed by atoms with Gasteiger partial charge in [0.2, 0.25) is 0 Å². The highest BCUT2D eigenvalue weighted by Crippen LogP contribution is 2.23. The van der Waals surface area contributed by atoms with E-state index in [9.17, 15) is 9.90 Å². The van der Waals surface area contributed by atoms with Crippen molar-refractivity contribution in [1.82, 2.24) is 4.90 Å². The predicted octanol–water partition coefficient (Wildman–Crippen LogP) is 3.17. The Kier molecular flexibility index (Phi) is 4.60. The predicted molar refractivity (Wildman–Crippen MR) is 79.6 cm³/mol. The van der Waals surface area contributed by atoms with Crippen LogP contribution in [0.3, 0.4) is 0 Å². The molecule has 0 bridgehead atoms. The van der Waals surface area contributed by atoms with E-state index in [1.807, 2.05) is 20.8 Å². The highest BCUT2D eigenvalue weighted by molar-refractivity contribution is 5.68. The van der Waals surface area contributed by atoms with Gasteiger partial charge in [0.1, 0.15) is 23.2 Å². The van der Waals surface area contributed by atoms with E-state index in [0.717, 1.165) is 12.8 Å². The zero-order chi connectivity index (χ0) is 15.5. The van der Waals surface area contributed by atoms with Gasteiger partial charge in [-0.2, -0.15) is 0 Å². The highest BCUT2D eigenvalue weighted by Gasteiger charge is 2.28. The van der Waals surface area contributed by atoms with Gasteiger partial charge in [-0.15, -0.1) is 0 Å². The van der Waals surface area contributed by atoms with Crippen molar-refractivity contribution in [3.63, 3.8) is 0 Å². The second kappa shape index (κ2) is 6.24. The monoisotopic (exact) mass is 293 g/mol. The highest BCUT2D eigenvalue weighted by atomic mass is 16.6. The number of amides is 1. The maximum atomic E-state index is 12.1. The summed E-state index contributed by atoms with van der Waals surface area (Å²) in [5.41, 5.74) is -0.490. The minimum absolute atomic E-state index is 0.0759. The number of benzene rings is 1. The topological polar surface area (TPSA) is 59.0 Å². The van der Waals surface area contributed by atoms with Crippen molar-refractivity contribution in [2.45, 2.75) is 45.3 Å². The Morgan fingerprint density at radius 1 is 1.38 bits per heavy atom. The number of hydrogen-bond donors (Lipinski definition) is 1. The summed E-state index contributed by atoms with van der Waals surface area (Å²) in [4.78, 5) is 13.8. The summed E-state index contributed by atoms with van der Waals surface area (Å²) in [5, 5.41) is 9.45. The second-order valence-corrected chi connectivity index (χ2v) is 6.31. The summed E-state index contributed by atoms with van der Waals surface area (Å²) in [6, 6.07) is 6.71. The van der Waals surface area contributed by atoms with Crippen LogP contribution in [0.15, 0.2) is 24.3 Å². The molecular formula is C16H23NO4.